The van der Waals surface area contributed by atoms with Gasteiger partial charge in [0.15, 0.2) is 4.77 Å². The Bertz CT molecular complexity index is 771. The molecule has 1 unspecified atom stereocenters. The lowest BCUT2D eigenvalue weighted by molar-refractivity contribution is 0.548. The maximum Gasteiger partial charge on any atom is 0.178 e. The molecule has 3 rings (SSSR count). The fraction of sp³-hybridized carbons (Fsp3) is 0.267. The molecular weight excluding hydrogens is 308 g/mol. The second-order valence-corrected chi connectivity index (χ2v) is 6.58. The fourth-order valence-corrected chi connectivity index (χ4v) is 3.93. The van der Waals surface area contributed by atoms with Gasteiger partial charge in [-0.25, -0.2) is 0 Å². The Labute approximate surface area is 132 Å². The average molecular weight is 323 g/mol. The summed E-state index contributed by atoms with van der Waals surface area (Å²) in [7, 11) is 0. The number of aromatic amines is 1. The van der Waals surface area contributed by atoms with Crippen molar-refractivity contribution in [2.45, 2.75) is 25.8 Å². The van der Waals surface area contributed by atoms with Crippen molar-refractivity contribution >= 4 is 46.2 Å². The van der Waals surface area contributed by atoms with Crippen LogP contribution in [0.2, 0.25) is 5.02 Å². The van der Waals surface area contributed by atoms with Gasteiger partial charge < -0.3 is 9.55 Å². The third-order valence-electron chi connectivity index (χ3n) is 3.42. The lowest BCUT2D eigenvalue weighted by Crippen LogP contribution is -2.09. The number of rotatable bonds is 4. The molecule has 104 valence electrons. The highest BCUT2D eigenvalue weighted by Crippen LogP contribution is 2.31. The number of halogens is 1. The van der Waals surface area contributed by atoms with E-state index in [4.69, 9.17) is 23.8 Å². The first-order valence-electron chi connectivity index (χ1n) is 6.64. The predicted octanol–water partition coefficient (Wildman–Crippen LogP) is 5.80. The van der Waals surface area contributed by atoms with Crippen LogP contribution in [0.25, 0.3) is 11.0 Å². The Balaban J connectivity index is 2.21. The molecular formula is C15H15ClN2S2. The summed E-state index contributed by atoms with van der Waals surface area (Å²) in [6.45, 7) is 2.20. The molecule has 3 aromatic rings. The number of benzene rings is 1. The van der Waals surface area contributed by atoms with Crippen LogP contribution in [0.1, 0.15) is 30.7 Å². The van der Waals surface area contributed by atoms with Crippen LogP contribution >= 0.6 is 35.2 Å². The van der Waals surface area contributed by atoms with Crippen molar-refractivity contribution in [3.63, 3.8) is 0 Å². The van der Waals surface area contributed by atoms with E-state index in [0.29, 0.717) is 6.04 Å². The summed E-state index contributed by atoms with van der Waals surface area (Å²) in [4.78, 5) is 4.61. The van der Waals surface area contributed by atoms with Gasteiger partial charge in [0.05, 0.1) is 17.1 Å². The summed E-state index contributed by atoms with van der Waals surface area (Å²) in [6, 6.07) is 10.5. The van der Waals surface area contributed by atoms with Crippen LogP contribution in [0.3, 0.4) is 0 Å². The summed E-state index contributed by atoms with van der Waals surface area (Å²) >= 11 is 13.4. The third-order valence-corrected chi connectivity index (χ3v) is 4.93. The molecule has 2 heterocycles. The predicted molar refractivity (Wildman–Crippen MR) is 89.5 cm³/mol. The minimum Gasteiger partial charge on any atom is -0.331 e. The van der Waals surface area contributed by atoms with Gasteiger partial charge in [-0.2, -0.15) is 0 Å². The van der Waals surface area contributed by atoms with Gasteiger partial charge in [0.2, 0.25) is 0 Å². The van der Waals surface area contributed by atoms with Crippen molar-refractivity contribution in [3.05, 3.63) is 50.4 Å². The van der Waals surface area contributed by atoms with Crippen LogP contribution in [0.15, 0.2) is 35.7 Å². The summed E-state index contributed by atoms with van der Waals surface area (Å²) < 4.78 is 2.98. The van der Waals surface area contributed by atoms with E-state index in [0.717, 1.165) is 33.7 Å². The number of aromatic nitrogens is 2. The Kier molecular flexibility index (Phi) is 3.96. The number of H-pyrrole nitrogens is 1. The normalized spacial score (nSPS) is 12.9. The topological polar surface area (TPSA) is 20.7 Å². The Morgan fingerprint density at radius 2 is 2.25 bits per heavy atom. The van der Waals surface area contributed by atoms with E-state index in [2.05, 4.69) is 34.0 Å². The number of nitrogens with zero attached hydrogens (tertiary/aromatic N) is 1. The maximum absolute atomic E-state index is 6.06. The number of hydrogen-bond donors (Lipinski definition) is 1. The summed E-state index contributed by atoms with van der Waals surface area (Å²) in [6.07, 6.45) is 2.19. The molecule has 1 N–H and O–H groups in total. The highest BCUT2D eigenvalue weighted by atomic mass is 35.5. The van der Waals surface area contributed by atoms with Crippen LogP contribution in [0, 0.1) is 4.77 Å². The minimum atomic E-state index is 0.294. The Morgan fingerprint density at radius 1 is 1.40 bits per heavy atom. The Hall–Kier alpha value is -1.10. The molecule has 0 aliphatic heterocycles. The van der Waals surface area contributed by atoms with Crippen LogP contribution in [-0.4, -0.2) is 9.55 Å². The molecule has 0 spiro atoms. The van der Waals surface area contributed by atoms with Gasteiger partial charge in [-0.1, -0.05) is 31.0 Å². The highest BCUT2D eigenvalue weighted by Gasteiger charge is 2.17. The Morgan fingerprint density at radius 3 is 2.95 bits per heavy atom. The van der Waals surface area contributed by atoms with Gasteiger partial charge in [0.1, 0.15) is 0 Å². The molecule has 0 aliphatic carbocycles. The number of fused-ring (bicyclic) bond motifs is 1. The number of nitrogens with one attached hydrogen (secondary N) is 1. The average Bonchev–Trinajstić information content (AvgIpc) is 3.03. The fourth-order valence-electron chi connectivity index (χ4n) is 2.57. The van der Waals surface area contributed by atoms with Gasteiger partial charge in [0.25, 0.3) is 0 Å². The molecule has 1 atom stereocenters. The smallest absolute Gasteiger partial charge is 0.178 e. The molecule has 0 radical (unpaired) electrons. The molecule has 0 saturated carbocycles. The van der Waals surface area contributed by atoms with E-state index in [1.165, 1.54) is 4.88 Å². The molecule has 2 nitrogen and oxygen atoms in total. The van der Waals surface area contributed by atoms with Crippen LogP contribution in [0.4, 0.5) is 0 Å². The van der Waals surface area contributed by atoms with Gasteiger partial charge in [-0.15, -0.1) is 11.3 Å². The molecule has 0 saturated heterocycles. The lowest BCUT2D eigenvalue weighted by Gasteiger charge is -2.17. The molecule has 0 fully saturated rings. The molecule has 2 aromatic heterocycles. The van der Waals surface area contributed by atoms with E-state index in [1.54, 1.807) is 11.3 Å². The summed E-state index contributed by atoms with van der Waals surface area (Å²) in [5, 5.41) is 2.84. The first kappa shape index (κ1) is 13.9. The minimum absolute atomic E-state index is 0.294. The summed E-state index contributed by atoms with van der Waals surface area (Å²) in [5.41, 5.74) is 2.12. The molecule has 1 aromatic carbocycles. The molecule has 0 amide bonds. The largest absolute Gasteiger partial charge is 0.331 e. The van der Waals surface area contributed by atoms with Crippen LogP contribution < -0.4 is 0 Å². The third kappa shape index (κ3) is 2.43. The van der Waals surface area contributed by atoms with Crippen LogP contribution in [0.5, 0.6) is 0 Å². The summed E-state index contributed by atoms with van der Waals surface area (Å²) in [5.74, 6) is 0. The van der Waals surface area contributed by atoms with Crippen molar-refractivity contribution in [3.8, 4) is 0 Å². The van der Waals surface area contributed by atoms with Crippen molar-refractivity contribution in [2.75, 3.05) is 0 Å². The monoisotopic (exact) mass is 322 g/mol. The maximum atomic E-state index is 6.06. The van der Waals surface area contributed by atoms with Gasteiger partial charge >= 0.3 is 0 Å². The second kappa shape index (κ2) is 5.72. The van der Waals surface area contributed by atoms with E-state index < -0.39 is 0 Å². The highest BCUT2D eigenvalue weighted by molar-refractivity contribution is 7.71. The standard InChI is InChI=1S/C15H15ClN2S2/c1-2-4-13(14-5-3-8-20-14)18-12-7-6-10(16)9-11(12)17-15(18)19/h3,5-9,13H,2,4H2,1H3,(H,17,19). The SMILES string of the molecule is CCCC(c1cccs1)n1c(=S)[nH]c2cc(Cl)ccc21. The van der Waals surface area contributed by atoms with Crippen molar-refractivity contribution < 1.29 is 0 Å². The first-order chi connectivity index (χ1) is 9.70. The zero-order chi connectivity index (χ0) is 14.1. The second-order valence-electron chi connectivity index (χ2n) is 4.78. The zero-order valence-electron chi connectivity index (χ0n) is 11.1. The molecule has 5 heteroatoms. The molecule has 20 heavy (non-hydrogen) atoms. The van der Waals surface area contributed by atoms with Gasteiger partial charge in [-0.3, -0.25) is 0 Å². The van der Waals surface area contributed by atoms with E-state index in [9.17, 15) is 0 Å². The van der Waals surface area contributed by atoms with Gasteiger partial charge in [0, 0.05) is 9.90 Å². The van der Waals surface area contributed by atoms with Gasteiger partial charge in [-0.05, 0) is 48.3 Å². The van der Waals surface area contributed by atoms with E-state index >= 15 is 0 Å². The molecule has 0 bridgehead atoms. The molecule has 0 aliphatic rings. The van der Waals surface area contributed by atoms with Crippen LogP contribution in [-0.2, 0) is 0 Å². The number of imidazole rings is 1. The first-order valence-corrected chi connectivity index (χ1v) is 8.30. The lowest BCUT2D eigenvalue weighted by atomic mass is 10.1. The van der Waals surface area contributed by atoms with Crippen molar-refractivity contribution in [1.82, 2.24) is 9.55 Å². The number of thiophene rings is 1. The quantitative estimate of drug-likeness (QED) is 0.602. The van der Waals surface area contributed by atoms with Crippen molar-refractivity contribution in [1.29, 1.82) is 0 Å². The zero-order valence-corrected chi connectivity index (χ0v) is 13.5. The number of hydrogen-bond acceptors (Lipinski definition) is 2. The van der Waals surface area contributed by atoms with Crippen molar-refractivity contribution in [2.24, 2.45) is 0 Å². The van der Waals surface area contributed by atoms with E-state index in [-0.39, 0.29) is 0 Å². The van der Waals surface area contributed by atoms with E-state index in [1.807, 2.05) is 18.2 Å².